The first-order chi connectivity index (χ1) is 14.7. The number of hydrogen-bond donors (Lipinski definition) is 1. The first kappa shape index (κ1) is 17.8. The Morgan fingerprint density at radius 1 is 0.800 bits per heavy atom. The van der Waals surface area contributed by atoms with E-state index in [0.29, 0.717) is 0 Å². The molecule has 0 saturated carbocycles. The second-order valence-electron chi connectivity index (χ2n) is 8.26. The molecule has 0 spiro atoms. The maximum atomic E-state index is 13.6. The molecule has 1 N–H and O–H groups in total. The number of ether oxygens (including phenoxy) is 1. The van der Waals surface area contributed by atoms with Gasteiger partial charge >= 0.3 is 0 Å². The molecule has 2 aliphatic rings. The van der Waals surface area contributed by atoms with E-state index in [0.717, 1.165) is 56.7 Å². The van der Waals surface area contributed by atoms with Gasteiger partial charge in [-0.2, -0.15) is 0 Å². The number of benzene rings is 3. The molecule has 1 aromatic heterocycles. The van der Waals surface area contributed by atoms with Crippen molar-refractivity contribution < 1.29 is 9.13 Å². The van der Waals surface area contributed by atoms with Gasteiger partial charge in [-0.05, 0) is 53.2 Å². The summed E-state index contributed by atoms with van der Waals surface area (Å²) in [5.74, 6) is -0.191. The molecular weight excluding hydrogens is 377 g/mol. The summed E-state index contributed by atoms with van der Waals surface area (Å²) < 4.78 is 19.1. The normalized spacial score (nSPS) is 17.0. The van der Waals surface area contributed by atoms with Crippen LogP contribution in [0.25, 0.3) is 21.7 Å². The van der Waals surface area contributed by atoms with Gasteiger partial charge in [-0.25, -0.2) is 4.39 Å². The van der Waals surface area contributed by atoms with Gasteiger partial charge in [0.1, 0.15) is 5.82 Å². The fourth-order valence-corrected chi connectivity index (χ4v) is 4.85. The summed E-state index contributed by atoms with van der Waals surface area (Å²) in [6, 6.07) is 18.5. The maximum absolute atomic E-state index is 13.6. The highest BCUT2D eigenvalue weighted by molar-refractivity contribution is 5.89. The van der Waals surface area contributed by atoms with Crippen molar-refractivity contribution in [2.45, 2.75) is 13.0 Å². The lowest BCUT2D eigenvalue weighted by molar-refractivity contribution is 0.122. The number of rotatable bonds is 2. The molecule has 1 fully saturated rings. The first-order valence-electron chi connectivity index (χ1n) is 10.6. The third kappa shape index (κ3) is 3.01. The zero-order chi connectivity index (χ0) is 20.1. The van der Waals surface area contributed by atoms with Crippen molar-refractivity contribution in [3.8, 4) is 0 Å². The number of hydrogen-bond acceptors (Lipinski definition) is 3. The Morgan fingerprint density at radius 2 is 1.53 bits per heavy atom. The quantitative estimate of drug-likeness (QED) is 0.521. The minimum absolute atomic E-state index is 0.191. The second kappa shape index (κ2) is 7.03. The summed E-state index contributed by atoms with van der Waals surface area (Å²) in [4.78, 5) is 8.23. The highest BCUT2D eigenvalue weighted by atomic mass is 19.1. The number of nitrogens with one attached hydrogen (secondary N) is 1. The number of aromatic amines is 1. The van der Waals surface area contributed by atoms with Crippen molar-refractivity contribution in [2.24, 2.45) is 0 Å². The number of morpholine rings is 1. The number of aromatic nitrogens is 1. The van der Waals surface area contributed by atoms with Crippen LogP contribution in [0.3, 0.4) is 0 Å². The number of anilines is 2. The lowest BCUT2D eigenvalue weighted by atomic mass is 10.0. The molecule has 3 heterocycles. The van der Waals surface area contributed by atoms with Crippen molar-refractivity contribution in [1.29, 1.82) is 0 Å². The monoisotopic (exact) mass is 401 g/mol. The van der Waals surface area contributed by atoms with Crippen LogP contribution < -0.4 is 9.80 Å². The third-order valence-corrected chi connectivity index (χ3v) is 6.49. The Kier molecular flexibility index (Phi) is 4.16. The fourth-order valence-electron chi connectivity index (χ4n) is 4.85. The van der Waals surface area contributed by atoms with Crippen LogP contribution in [0, 0.1) is 5.82 Å². The summed E-state index contributed by atoms with van der Waals surface area (Å²) in [6.45, 7) is 5.31. The fraction of sp³-hybridized carbons (Fsp3) is 0.280. The summed E-state index contributed by atoms with van der Waals surface area (Å²) in [5, 5.41) is 3.66. The Labute approximate surface area is 174 Å². The van der Waals surface area contributed by atoms with E-state index in [2.05, 4.69) is 51.2 Å². The number of H-pyrrole nitrogens is 1. The van der Waals surface area contributed by atoms with Gasteiger partial charge in [0.15, 0.2) is 0 Å². The highest BCUT2D eigenvalue weighted by Gasteiger charge is 2.21. The van der Waals surface area contributed by atoms with Crippen LogP contribution in [0.5, 0.6) is 0 Å². The smallest absolute Gasteiger partial charge is 0.125 e. The zero-order valence-corrected chi connectivity index (χ0v) is 16.8. The third-order valence-electron chi connectivity index (χ3n) is 6.49. The molecule has 2 aliphatic heterocycles. The standard InChI is InChI=1S/C25H24FN3O/c26-19-3-6-22-23-16-29(8-7-24(23)27-25(22)15-19)21-5-2-17-13-20(4-1-18(17)14-21)28-9-11-30-12-10-28/h1-6,13-15,27H,7-12,16H2. The van der Waals surface area contributed by atoms with E-state index in [1.54, 1.807) is 12.1 Å². The molecule has 4 nitrogen and oxygen atoms in total. The lowest BCUT2D eigenvalue weighted by Crippen LogP contribution is -2.36. The number of halogens is 1. The van der Waals surface area contributed by atoms with Crippen LogP contribution in [0.4, 0.5) is 15.8 Å². The molecule has 3 aromatic carbocycles. The Morgan fingerprint density at radius 3 is 2.30 bits per heavy atom. The number of nitrogens with zero attached hydrogens (tertiary/aromatic N) is 2. The Hall–Kier alpha value is -3.05. The van der Waals surface area contributed by atoms with Crippen LogP contribution >= 0.6 is 0 Å². The van der Waals surface area contributed by atoms with Gasteiger partial charge in [0.05, 0.1) is 13.2 Å². The Bertz CT molecular complexity index is 1240. The van der Waals surface area contributed by atoms with Crippen LogP contribution in [0.2, 0.25) is 0 Å². The van der Waals surface area contributed by atoms with Crippen LogP contribution in [-0.2, 0) is 17.7 Å². The van der Waals surface area contributed by atoms with Crippen molar-refractivity contribution >= 4 is 33.1 Å². The molecular formula is C25H24FN3O. The van der Waals surface area contributed by atoms with E-state index >= 15 is 0 Å². The van der Waals surface area contributed by atoms with Crippen LogP contribution in [-0.4, -0.2) is 37.8 Å². The van der Waals surface area contributed by atoms with E-state index in [1.807, 2.05) is 6.07 Å². The van der Waals surface area contributed by atoms with E-state index in [9.17, 15) is 4.39 Å². The lowest BCUT2D eigenvalue weighted by Gasteiger charge is -2.30. The van der Waals surface area contributed by atoms with E-state index in [-0.39, 0.29) is 5.82 Å². The molecule has 4 aromatic rings. The van der Waals surface area contributed by atoms with Gasteiger partial charge in [0, 0.05) is 66.1 Å². The van der Waals surface area contributed by atoms with E-state index in [4.69, 9.17) is 4.74 Å². The molecule has 30 heavy (non-hydrogen) atoms. The van der Waals surface area contributed by atoms with Gasteiger partial charge in [-0.3, -0.25) is 0 Å². The highest BCUT2D eigenvalue weighted by Crippen LogP contribution is 2.33. The summed E-state index contributed by atoms with van der Waals surface area (Å²) in [5.41, 5.74) is 5.94. The van der Waals surface area contributed by atoms with Crippen molar-refractivity contribution in [3.63, 3.8) is 0 Å². The van der Waals surface area contributed by atoms with Gasteiger partial charge in [0.2, 0.25) is 0 Å². The molecule has 0 radical (unpaired) electrons. The predicted molar refractivity (Wildman–Crippen MR) is 120 cm³/mol. The summed E-state index contributed by atoms with van der Waals surface area (Å²) >= 11 is 0. The van der Waals surface area contributed by atoms with Gasteiger partial charge in [0.25, 0.3) is 0 Å². The minimum atomic E-state index is -0.191. The molecule has 0 unspecified atom stereocenters. The summed E-state index contributed by atoms with van der Waals surface area (Å²) in [6.07, 6.45) is 0.944. The zero-order valence-electron chi connectivity index (χ0n) is 16.8. The molecule has 5 heteroatoms. The average Bonchev–Trinajstić information content (AvgIpc) is 3.15. The molecule has 0 amide bonds. The largest absolute Gasteiger partial charge is 0.378 e. The molecule has 0 atom stereocenters. The Balaban J connectivity index is 1.30. The predicted octanol–water partition coefficient (Wildman–Crippen LogP) is 4.86. The molecule has 152 valence electrons. The number of fused-ring (bicyclic) bond motifs is 4. The van der Waals surface area contributed by atoms with Crippen molar-refractivity contribution in [3.05, 3.63) is 71.7 Å². The molecule has 0 bridgehead atoms. The van der Waals surface area contributed by atoms with Crippen LogP contribution in [0.1, 0.15) is 11.3 Å². The van der Waals surface area contributed by atoms with Gasteiger partial charge in [-0.15, -0.1) is 0 Å². The second-order valence-corrected chi connectivity index (χ2v) is 8.26. The minimum Gasteiger partial charge on any atom is -0.378 e. The maximum Gasteiger partial charge on any atom is 0.125 e. The SMILES string of the molecule is Fc1ccc2c3c([nH]c2c1)CCN(c1ccc2cc(N4CCOCC4)ccc2c1)C3. The van der Waals surface area contributed by atoms with E-state index in [1.165, 1.54) is 33.4 Å². The van der Waals surface area contributed by atoms with E-state index < -0.39 is 0 Å². The van der Waals surface area contributed by atoms with Gasteiger partial charge in [-0.1, -0.05) is 12.1 Å². The van der Waals surface area contributed by atoms with Crippen molar-refractivity contribution in [2.75, 3.05) is 42.6 Å². The van der Waals surface area contributed by atoms with Gasteiger partial charge < -0.3 is 19.5 Å². The first-order valence-corrected chi connectivity index (χ1v) is 10.6. The molecule has 1 saturated heterocycles. The summed E-state index contributed by atoms with van der Waals surface area (Å²) in [7, 11) is 0. The van der Waals surface area contributed by atoms with Crippen LogP contribution in [0.15, 0.2) is 54.6 Å². The average molecular weight is 401 g/mol. The molecule has 6 rings (SSSR count). The topological polar surface area (TPSA) is 31.5 Å². The molecule has 0 aliphatic carbocycles. The van der Waals surface area contributed by atoms with Crippen molar-refractivity contribution in [1.82, 2.24) is 4.98 Å².